The zero-order valence-corrected chi connectivity index (χ0v) is 17.5. The number of hydrogen-bond donors (Lipinski definition) is 7. The van der Waals surface area contributed by atoms with E-state index in [4.69, 9.17) is 15.9 Å². The number of carbonyl (C=O) groups excluding carboxylic acids is 3. The van der Waals surface area contributed by atoms with Crippen LogP contribution in [0.25, 0.3) is 0 Å². The Morgan fingerprint density at radius 1 is 0.929 bits per heavy atom. The Labute approximate surface area is 170 Å². The highest BCUT2D eigenvalue weighted by Crippen LogP contribution is 2.08. The van der Waals surface area contributed by atoms with Crippen molar-refractivity contribution in [2.75, 3.05) is 12.4 Å². The van der Waals surface area contributed by atoms with Crippen molar-refractivity contribution in [1.82, 2.24) is 16.0 Å². The van der Waals surface area contributed by atoms with Crippen LogP contribution in [-0.2, 0) is 19.2 Å². The molecule has 0 unspecified atom stereocenters. The molecule has 0 rings (SSSR count). The molecule has 0 aromatic carbocycles. The van der Waals surface area contributed by atoms with Gasteiger partial charge in [0, 0.05) is 5.75 Å². The molecule has 0 spiro atoms. The fourth-order valence-corrected chi connectivity index (χ4v) is 2.47. The fourth-order valence-electron chi connectivity index (χ4n) is 2.30. The molecule has 0 aromatic rings. The molecule has 0 aliphatic carbocycles. The van der Waals surface area contributed by atoms with Gasteiger partial charge in [0.05, 0.1) is 12.6 Å². The van der Waals surface area contributed by atoms with Gasteiger partial charge in [0.25, 0.3) is 0 Å². The maximum atomic E-state index is 12.7. The highest BCUT2D eigenvalue weighted by molar-refractivity contribution is 7.80. The van der Waals surface area contributed by atoms with Crippen molar-refractivity contribution in [2.24, 2.45) is 17.6 Å². The minimum absolute atomic E-state index is 0.0122. The van der Waals surface area contributed by atoms with E-state index >= 15 is 0 Å². The van der Waals surface area contributed by atoms with Crippen LogP contribution in [0.15, 0.2) is 0 Å². The van der Waals surface area contributed by atoms with Crippen molar-refractivity contribution in [3.8, 4) is 0 Å². The first kappa shape index (κ1) is 26.1. The van der Waals surface area contributed by atoms with Gasteiger partial charge in [0.1, 0.15) is 18.1 Å². The van der Waals surface area contributed by atoms with E-state index in [9.17, 15) is 19.2 Å². The number of thiol groups is 1. The second kappa shape index (κ2) is 12.6. The smallest absolute Gasteiger partial charge is 0.328 e. The van der Waals surface area contributed by atoms with Gasteiger partial charge in [-0.1, -0.05) is 27.7 Å². The average molecular weight is 421 g/mol. The molecule has 0 aliphatic heterocycles. The van der Waals surface area contributed by atoms with E-state index in [1.165, 1.54) is 0 Å². The van der Waals surface area contributed by atoms with Crippen LogP contribution in [0, 0.1) is 11.8 Å². The van der Waals surface area contributed by atoms with Gasteiger partial charge in [-0.25, -0.2) is 4.79 Å². The molecular weight excluding hydrogens is 388 g/mol. The van der Waals surface area contributed by atoms with E-state index in [0.29, 0.717) is 0 Å². The third-order valence-electron chi connectivity index (χ3n) is 3.92. The van der Waals surface area contributed by atoms with Gasteiger partial charge in [-0.05, 0) is 18.3 Å². The highest BCUT2D eigenvalue weighted by Gasteiger charge is 2.31. The minimum Gasteiger partial charge on any atom is -0.480 e. The standard InChI is InChI=1S/C17H32N4O6S/c1-8(2)5-11(15(24)20-12(6-22)17(26)27)19-16(25)13(9(3)4)21-14(23)10(18)7-28/h8-13,22,28H,5-7,18H2,1-4H3,(H,19,25)(H,20,24)(H,21,23)(H,26,27)/t10-,11-,12-,13-/m0/s1. The molecule has 11 heteroatoms. The van der Waals surface area contributed by atoms with Crippen molar-refractivity contribution in [3.05, 3.63) is 0 Å². The summed E-state index contributed by atoms with van der Waals surface area (Å²) in [6, 6.07) is -4.33. The van der Waals surface area contributed by atoms with E-state index in [1.807, 2.05) is 13.8 Å². The van der Waals surface area contributed by atoms with E-state index in [0.717, 1.165) is 0 Å². The lowest BCUT2D eigenvalue weighted by atomic mass is 9.99. The van der Waals surface area contributed by atoms with E-state index in [-0.39, 0.29) is 24.0 Å². The summed E-state index contributed by atoms with van der Waals surface area (Å²) < 4.78 is 0. The Hall–Kier alpha value is -1.85. The van der Waals surface area contributed by atoms with Crippen LogP contribution in [0.1, 0.15) is 34.1 Å². The normalized spacial score (nSPS) is 15.5. The van der Waals surface area contributed by atoms with E-state index in [1.54, 1.807) is 13.8 Å². The second-order valence-corrected chi connectivity index (χ2v) is 7.66. The van der Waals surface area contributed by atoms with Crippen molar-refractivity contribution >= 4 is 36.3 Å². The number of carbonyl (C=O) groups is 4. The molecular formula is C17H32N4O6S. The van der Waals surface area contributed by atoms with E-state index < -0.39 is 54.5 Å². The summed E-state index contributed by atoms with van der Waals surface area (Å²) in [6.07, 6.45) is 0.240. The molecule has 7 N–H and O–H groups in total. The zero-order chi connectivity index (χ0) is 22.0. The van der Waals surface area contributed by atoms with Gasteiger partial charge in [0.15, 0.2) is 0 Å². The molecule has 0 saturated carbocycles. The first-order valence-corrected chi connectivity index (χ1v) is 9.68. The maximum Gasteiger partial charge on any atom is 0.328 e. The SMILES string of the molecule is CC(C)C[C@H](NC(=O)[C@@H](NC(=O)[C@@H](N)CS)C(C)C)C(=O)N[C@@H](CO)C(=O)O. The molecule has 162 valence electrons. The number of hydrogen-bond acceptors (Lipinski definition) is 7. The van der Waals surface area contributed by atoms with Gasteiger partial charge >= 0.3 is 5.97 Å². The second-order valence-electron chi connectivity index (χ2n) is 7.29. The third-order valence-corrected chi connectivity index (χ3v) is 4.31. The van der Waals surface area contributed by atoms with Crippen LogP contribution < -0.4 is 21.7 Å². The maximum absolute atomic E-state index is 12.7. The molecule has 0 aromatic heterocycles. The fraction of sp³-hybridized carbons (Fsp3) is 0.765. The lowest BCUT2D eigenvalue weighted by Gasteiger charge is -2.27. The Morgan fingerprint density at radius 2 is 1.46 bits per heavy atom. The number of aliphatic hydroxyl groups excluding tert-OH is 1. The quantitative estimate of drug-likeness (QED) is 0.188. The number of carboxylic acid groups (broad SMARTS) is 1. The third kappa shape index (κ3) is 8.89. The summed E-state index contributed by atoms with van der Waals surface area (Å²) in [5.74, 6) is -3.43. The molecule has 0 bridgehead atoms. The Kier molecular flexibility index (Phi) is 11.7. The summed E-state index contributed by atoms with van der Waals surface area (Å²) in [4.78, 5) is 48.2. The summed E-state index contributed by atoms with van der Waals surface area (Å²) >= 11 is 3.95. The molecule has 4 atom stereocenters. The van der Waals surface area contributed by atoms with Crippen LogP contribution >= 0.6 is 12.6 Å². The van der Waals surface area contributed by atoms with Crippen molar-refractivity contribution in [2.45, 2.75) is 58.3 Å². The van der Waals surface area contributed by atoms with Crippen LogP contribution in [0.5, 0.6) is 0 Å². The predicted molar refractivity (Wildman–Crippen MR) is 107 cm³/mol. The molecule has 0 radical (unpaired) electrons. The van der Waals surface area contributed by atoms with Crippen LogP contribution in [0.2, 0.25) is 0 Å². The van der Waals surface area contributed by atoms with Crippen LogP contribution in [0.4, 0.5) is 0 Å². The zero-order valence-electron chi connectivity index (χ0n) is 16.6. The summed E-state index contributed by atoms with van der Waals surface area (Å²) in [5.41, 5.74) is 5.62. The number of aliphatic carboxylic acids is 1. The lowest BCUT2D eigenvalue weighted by molar-refractivity contribution is -0.143. The minimum atomic E-state index is -1.48. The molecule has 0 fully saturated rings. The largest absolute Gasteiger partial charge is 0.480 e. The lowest BCUT2D eigenvalue weighted by Crippen LogP contribution is -2.59. The monoisotopic (exact) mass is 420 g/mol. The number of aliphatic hydroxyl groups is 1. The molecule has 0 aliphatic rings. The van der Waals surface area contributed by atoms with Crippen LogP contribution in [0.3, 0.4) is 0 Å². The Balaban J connectivity index is 5.31. The van der Waals surface area contributed by atoms with Crippen molar-refractivity contribution < 1.29 is 29.4 Å². The predicted octanol–water partition coefficient (Wildman–Crippen LogP) is -1.52. The Bertz CT molecular complexity index is 558. The topological polar surface area (TPSA) is 171 Å². The van der Waals surface area contributed by atoms with Crippen LogP contribution in [-0.4, -0.2) is 70.4 Å². The molecule has 0 saturated heterocycles. The number of nitrogens with one attached hydrogen (secondary N) is 3. The summed E-state index contributed by atoms with van der Waals surface area (Å²) in [6.45, 7) is 6.33. The van der Waals surface area contributed by atoms with Gasteiger partial charge in [-0.2, -0.15) is 12.6 Å². The number of amides is 3. The Morgan fingerprint density at radius 3 is 1.86 bits per heavy atom. The average Bonchev–Trinajstić information content (AvgIpc) is 2.61. The molecule has 0 heterocycles. The van der Waals surface area contributed by atoms with Crippen molar-refractivity contribution in [3.63, 3.8) is 0 Å². The van der Waals surface area contributed by atoms with Gasteiger partial charge in [0.2, 0.25) is 17.7 Å². The van der Waals surface area contributed by atoms with Gasteiger partial charge in [-0.15, -0.1) is 0 Å². The van der Waals surface area contributed by atoms with Crippen molar-refractivity contribution in [1.29, 1.82) is 0 Å². The summed E-state index contributed by atoms with van der Waals surface area (Å²) in [5, 5.41) is 25.4. The summed E-state index contributed by atoms with van der Waals surface area (Å²) in [7, 11) is 0. The molecule has 3 amide bonds. The molecule has 10 nitrogen and oxygen atoms in total. The highest BCUT2D eigenvalue weighted by atomic mass is 32.1. The molecule has 28 heavy (non-hydrogen) atoms. The number of nitrogens with two attached hydrogens (primary N) is 1. The van der Waals surface area contributed by atoms with E-state index in [2.05, 4.69) is 28.6 Å². The first-order chi connectivity index (χ1) is 12.9. The number of rotatable bonds is 12. The van der Waals surface area contributed by atoms with Gasteiger partial charge < -0.3 is 31.9 Å². The first-order valence-electron chi connectivity index (χ1n) is 9.05. The number of carboxylic acids is 1. The van der Waals surface area contributed by atoms with Gasteiger partial charge in [-0.3, -0.25) is 14.4 Å².